The minimum atomic E-state index is -1.34. The van der Waals surface area contributed by atoms with Gasteiger partial charge in [-0.25, -0.2) is 18.6 Å². The molecule has 0 saturated carbocycles. The zero-order valence-electron chi connectivity index (χ0n) is 23.6. The van der Waals surface area contributed by atoms with Crippen LogP contribution in [0.5, 0.6) is 0 Å². The third-order valence-corrected chi connectivity index (χ3v) is 9.36. The van der Waals surface area contributed by atoms with Gasteiger partial charge in [0.25, 0.3) is 6.09 Å². The SMILES string of the molecule is O=C(N[C@@H]1CC[C@@H](c2cccc(F)c2F)C[N+](Cc2ccccc2)(C(=O)[O-])C1)N1CCC2(CC1)C(=O)Nc1ncccc12. The van der Waals surface area contributed by atoms with Crippen molar-refractivity contribution in [1.82, 2.24) is 15.2 Å². The quantitative estimate of drug-likeness (QED) is 0.451. The lowest BCUT2D eigenvalue weighted by atomic mass is 9.74. The normalized spacial score (nSPS) is 24.6. The molecule has 3 atom stereocenters. The van der Waals surface area contributed by atoms with Crippen molar-refractivity contribution in [2.45, 2.75) is 49.6 Å². The summed E-state index contributed by atoms with van der Waals surface area (Å²) in [6.07, 6.45) is 1.87. The Labute approximate surface area is 248 Å². The van der Waals surface area contributed by atoms with E-state index in [1.54, 1.807) is 17.2 Å². The van der Waals surface area contributed by atoms with Crippen LogP contribution in [0.25, 0.3) is 0 Å². The number of hydrogen-bond donors (Lipinski definition) is 2. The maximum absolute atomic E-state index is 14.9. The van der Waals surface area contributed by atoms with Gasteiger partial charge in [-0.05, 0) is 43.4 Å². The van der Waals surface area contributed by atoms with Crippen molar-refractivity contribution in [2.24, 2.45) is 0 Å². The van der Waals surface area contributed by atoms with E-state index in [0.717, 1.165) is 17.2 Å². The predicted octanol–water partition coefficient (Wildman–Crippen LogP) is 3.66. The highest BCUT2D eigenvalue weighted by atomic mass is 19.2. The first-order chi connectivity index (χ1) is 20.7. The lowest BCUT2D eigenvalue weighted by Gasteiger charge is -2.41. The number of likely N-dealkylation sites (tertiary alicyclic amines) is 2. The Morgan fingerprint density at radius 2 is 1.79 bits per heavy atom. The molecule has 1 spiro atoms. The fourth-order valence-corrected chi connectivity index (χ4v) is 7.08. The van der Waals surface area contributed by atoms with E-state index in [0.29, 0.717) is 44.6 Å². The van der Waals surface area contributed by atoms with Gasteiger partial charge in [-0.3, -0.25) is 9.28 Å². The van der Waals surface area contributed by atoms with Gasteiger partial charge in [-0.2, -0.15) is 0 Å². The molecule has 3 aromatic rings. The molecule has 0 aliphatic carbocycles. The molecule has 6 rings (SSSR count). The van der Waals surface area contributed by atoms with E-state index in [9.17, 15) is 28.3 Å². The molecule has 11 heteroatoms. The molecule has 3 aliphatic rings. The molecule has 4 amide bonds. The lowest BCUT2D eigenvalue weighted by molar-refractivity contribution is -0.890. The Hall–Kier alpha value is -4.38. The van der Waals surface area contributed by atoms with Gasteiger partial charge in [0, 0.05) is 36.3 Å². The van der Waals surface area contributed by atoms with E-state index in [4.69, 9.17) is 0 Å². The number of carbonyl (C=O) groups is 3. The smallest absolute Gasteiger partial charge is 0.317 e. The van der Waals surface area contributed by atoms with Crippen molar-refractivity contribution in [3.63, 3.8) is 0 Å². The summed E-state index contributed by atoms with van der Waals surface area (Å²) < 4.78 is 28.6. The number of fused-ring (bicyclic) bond motifs is 2. The average molecular weight is 590 g/mol. The van der Waals surface area contributed by atoms with Crippen LogP contribution in [-0.2, 0) is 16.8 Å². The number of aromatic nitrogens is 1. The fraction of sp³-hybridized carbons (Fsp3) is 0.375. The van der Waals surface area contributed by atoms with E-state index in [1.165, 1.54) is 12.1 Å². The van der Waals surface area contributed by atoms with E-state index in [1.807, 2.05) is 36.4 Å². The number of piperidine rings is 1. The number of nitrogens with zero attached hydrogens (tertiary/aromatic N) is 3. The molecule has 4 heterocycles. The molecule has 1 aromatic heterocycles. The van der Waals surface area contributed by atoms with Crippen molar-refractivity contribution in [3.05, 3.63) is 95.2 Å². The molecule has 3 aliphatic heterocycles. The maximum atomic E-state index is 14.9. The summed E-state index contributed by atoms with van der Waals surface area (Å²) >= 11 is 0. The van der Waals surface area contributed by atoms with Crippen molar-refractivity contribution in [1.29, 1.82) is 0 Å². The van der Waals surface area contributed by atoms with Gasteiger partial charge in [-0.15, -0.1) is 0 Å². The summed E-state index contributed by atoms with van der Waals surface area (Å²) in [5.41, 5.74) is 0.982. The van der Waals surface area contributed by atoms with Crippen LogP contribution in [0.3, 0.4) is 0 Å². The number of nitrogens with one attached hydrogen (secondary N) is 2. The first-order valence-electron chi connectivity index (χ1n) is 14.6. The molecule has 2 fully saturated rings. The minimum absolute atomic E-state index is 0.0151. The highest BCUT2D eigenvalue weighted by Gasteiger charge is 2.50. The summed E-state index contributed by atoms with van der Waals surface area (Å²) in [5, 5.41) is 18.8. The number of hydrogen-bond acceptors (Lipinski definition) is 5. The topological polar surface area (TPSA) is 114 Å². The molecular weight excluding hydrogens is 556 g/mol. The van der Waals surface area contributed by atoms with Crippen LogP contribution in [0.4, 0.5) is 24.2 Å². The Bertz CT molecular complexity index is 1550. The number of carboxylic acid groups (broad SMARTS) is 1. The number of urea groups is 1. The number of benzene rings is 2. The van der Waals surface area contributed by atoms with E-state index in [-0.39, 0.29) is 37.1 Å². The Morgan fingerprint density at radius 1 is 1.02 bits per heavy atom. The van der Waals surface area contributed by atoms with Gasteiger partial charge < -0.3 is 25.4 Å². The number of amides is 4. The number of halogens is 2. The summed E-state index contributed by atoms with van der Waals surface area (Å²) in [4.78, 5) is 45.3. The highest BCUT2D eigenvalue weighted by molar-refractivity contribution is 6.05. The molecule has 9 nitrogen and oxygen atoms in total. The maximum Gasteiger partial charge on any atom is 0.317 e. The van der Waals surface area contributed by atoms with Crippen molar-refractivity contribution in [2.75, 3.05) is 31.5 Å². The minimum Gasteiger partial charge on any atom is -0.498 e. The first kappa shape index (κ1) is 28.7. The molecular formula is C32H33F2N5O4. The standard InChI is InChI=1S/C32H33F2N5O4/c33-26-10-4-8-24(27(26)34)22-11-12-23(20-39(19-22,31(42)43)18-21-6-2-1-3-7-21)36-30(41)38-16-13-32(14-17-38)25-9-5-15-35-28(25)37-29(32)40/h1-10,15,22-23H,11-14,16-20H2,(H2-,35,36,37,40,41,42,43)/t22-,23-,39?/m1/s1. The molecule has 1 unspecified atom stereocenters. The van der Waals surface area contributed by atoms with Crippen LogP contribution in [0, 0.1) is 11.6 Å². The van der Waals surface area contributed by atoms with Gasteiger partial charge in [0.15, 0.2) is 11.6 Å². The number of anilines is 1. The first-order valence-corrected chi connectivity index (χ1v) is 14.6. The van der Waals surface area contributed by atoms with E-state index < -0.39 is 39.6 Å². The second kappa shape index (κ2) is 11.4. The number of carbonyl (C=O) groups excluding carboxylic acids is 3. The zero-order valence-corrected chi connectivity index (χ0v) is 23.6. The molecule has 2 aromatic carbocycles. The Kier molecular flexibility index (Phi) is 7.59. The average Bonchev–Trinajstić information content (AvgIpc) is 3.14. The summed E-state index contributed by atoms with van der Waals surface area (Å²) in [6.45, 7) is 0.746. The monoisotopic (exact) mass is 589 g/mol. The van der Waals surface area contributed by atoms with Gasteiger partial charge in [0.1, 0.15) is 18.9 Å². The van der Waals surface area contributed by atoms with E-state index >= 15 is 0 Å². The second-order valence-electron chi connectivity index (χ2n) is 11.9. The van der Waals surface area contributed by atoms with Gasteiger partial charge in [0.05, 0.1) is 18.0 Å². The Balaban J connectivity index is 1.22. The van der Waals surface area contributed by atoms with Gasteiger partial charge in [0.2, 0.25) is 5.91 Å². The molecule has 2 saturated heterocycles. The fourth-order valence-electron chi connectivity index (χ4n) is 7.08. The van der Waals surface area contributed by atoms with Crippen LogP contribution in [-0.4, -0.2) is 64.6 Å². The Morgan fingerprint density at radius 3 is 2.53 bits per heavy atom. The van der Waals surface area contributed by atoms with Crippen LogP contribution >= 0.6 is 0 Å². The molecule has 0 bridgehead atoms. The molecule has 224 valence electrons. The van der Waals surface area contributed by atoms with Gasteiger partial charge in [-0.1, -0.05) is 48.5 Å². The molecule has 0 radical (unpaired) electrons. The zero-order chi connectivity index (χ0) is 30.2. The number of quaternary nitrogens is 1. The third kappa shape index (κ3) is 5.33. The molecule has 2 N–H and O–H groups in total. The van der Waals surface area contributed by atoms with Crippen LogP contribution in [0.15, 0.2) is 66.9 Å². The summed E-state index contributed by atoms with van der Waals surface area (Å²) in [7, 11) is 0. The van der Waals surface area contributed by atoms with Crippen molar-refractivity contribution >= 4 is 23.8 Å². The largest absolute Gasteiger partial charge is 0.498 e. The number of rotatable bonds is 4. The number of pyridine rings is 1. The summed E-state index contributed by atoms with van der Waals surface area (Å²) in [5.74, 6) is -2.14. The lowest BCUT2D eigenvalue weighted by Crippen LogP contribution is -2.63. The van der Waals surface area contributed by atoms with Gasteiger partial charge >= 0.3 is 6.03 Å². The van der Waals surface area contributed by atoms with Crippen LogP contribution < -0.4 is 15.7 Å². The van der Waals surface area contributed by atoms with Crippen LogP contribution in [0.2, 0.25) is 0 Å². The summed E-state index contributed by atoms with van der Waals surface area (Å²) in [6, 6.07) is 15.8. The second-order valence-corrected chi connectivity index (χ2v) is 11.9. The van der Waals surface area contributed by atoms with Crippen molar-refractivity contribution in [3.8, 4) is 0 Å². The van der Waals surface area contributed by atoms with Crippen molar-refractivity contribution < 1.29 is 32.8 Å². The predicted molar refractivity (Wildman–Crippen MR) is 152 cm³/mol. The highest BCUT2D eigenvalue weighted by Crippen LogP contribution is 2.44. The third-order valence-electron chi connectivity index (χ3n) is 9.36. The van der Waals surface area contributed by atoms with E-state index in [2.05, 4.69) is 15.6 Å². The molecule has 43 heavy (non-hydrogen) atoms. The van der Waals surface area contributed by atoms with Crippen LogP contribution in [0.1, 0.15) is 48.3 Å².